The standard InChI is InChI=1S/C20H38F3N5O/c1-4-17(5-2)18(28-8-10-29-11-9-28)13-26-19(24-3)25-12-16-6-7-27(14-16)15-20(21,22)23/h16-18H,4-15H2,1-3H3,(H2,24,25,26). The number of guanidine groups is 1. The van der Waals surface area contributed by atoms with E-state index in [9.17, 15) is 13.2 Å². The van der Waals surface area contributed by atoms with Crippen molar-refractivity contribution in [3.63, 3.8) is 0 Å². The minimum atomic E-state index is -4.12. The normalized spacial score (nSPS) is 23.6. The quantitative estimate of drug-likeness (QED) is 0.442. The molecule has 2 saturated heterocycles. The zero-order chi connectivity index (χ0) is 21.3. The van der Waals surface area contributed by atoms with Gasteiger partial charge in [-0.25, -0.2) is 0 Å². The first-order valence-electron chi connectivity index (χ1n) is 10.9. The lowest BCUT2D eigenvalue weighted by Gasteiger charge is -2.39. The summed E-state index contributed by atoms with van der Waals surface area (Å²) in [5.74, 6) is 1.54. The summed E-state index contributed by atoms with van der Waals surface area (Å²) in [5.41, 5.74) is 0. The largest absolute Gasteiger partial charge is 0.401 e. The molecule has 2 heterocycles. The minimum Gasteiger partial charge on any atom is -0.379 e. The summed E-state index contributed by atoms with van der Waals surface area (Å²) in [6, 6.07) is 0.418. The van der Waals surface area contributed by atoms with Crippen molar-refractivity contribution in [2.45, 2.75) is 45.3 Å². The van der Waals surface area contributed by atoms with Crippen molar-refractivity contribution in [3.05, 3.63) is 0 Å². The highest BCUT2D eigenvalue weighted by molar-refractivity contribution is 5.79. The van der Waals surface area contributed by atoms with Gasteiger partial charge in [0.05, 0.1) is 19.8 Å². The summed E-state index contributed by atoms with van der Waals surface area (Å²) in [7, 11) is 1.74. The van der Waals surface area contributed by atoms with Gasteiger partial charge >= 0.3 is 6.18 Å². The molecule has 0 aliphatic carbocycles. The fraction of sp³-hybridized carbons (Fsp3) is 0.950. The van der Waals surface area contributed by atoms with Crippen LogP contribution in [0.25, 0.3) is 0 Å². The number of nitrogens with one attached hydrogen (secondary N) is 2. The van der Waals surface area contributed by atoms with Crippen LogP contribution in [-0.4, -0.2) is 94.1 Å². The lowest BCUT2D eigenvalue weighted by atomic mass is 9.92. The Balaban J connectivity index is 1.80. The molecule has 0 amide bonds. The van der Waals surface area contributed by atoms with Gasteiger partial charge in [0.15, 0.2) is 5.96 Å². The number of hydrogen-bond acceptors (Lipinski definition) is 4. The number of halogens is 3. The van der Waals surface area contributed by atoms with E-state index in [1.165, 1.54) is 4.90 Å². The van der Waals surface area contributed by atoms with Crippen LogP contribution >= 0.6 is 0 Å². The summed E-state index contributed by atoms with van der Waals surface area (Å²) in [6.45, 7) is 9.55. The third kappa shape index (κ3) is 8.30. The van der Waals surface area contributed by atoms with Gasteiger partial charge in [-0.1, -0.05) is 26.7 Å². The molecule has 29 heavy (non-hydrogen) atoms. The SMILES string of the molecule is CCC(CC)C(CNC(=NC)NCC1CCN(CC(F)(F)F)C1)N1CCOCC1. The van der Waals surface area contributed by atoms with Crippen LogP contribution < -0.4 is 10.6 Å². The van der Waals surface area contributed by atoms with E-state index in [0.717, 1.165) is 58.1 Å². The third-order valence-electron chi connectivity index (χ3n) is 6.14. The lowest BCUT2D eigenvalue weighted by molar-refractivity contribution is -0.143. The molecule has 0 aromatic carbocycles. The molecule has 0 bridgehead atoms. The highest BCUT2D eigenvalue weighted by atomic mass is 19.4. The maximum atomic E-state index is 12.6. The van der Waals surface area contributed by atoms with Gasteiger partial charge in [0.25, 0.3) is 0 Å². The van der Waals surface area contributed by atoms with Gasteiger partial charge in [0.2, 0.25) is 0 Å². The Morgan fingerprint density at radius 1 is 1.14 bits per heavy atom. The second kappa shape index (κ2) is 12.0. The molecule has 2 N–H and O–H groups in total. The van der Waals surface area contributed by atoms with Crippen molar-refractivity contribution in [1.29, 1.82) is 0 Å². The van der Waals surface area contributed by atoms with Gasteiger partial charge in [0, 0.05) is 45.8 Å². The average Bonchev–Trinajstić information content (AvgIpc) is 3.13. The van der Waals surface area contributed by atoms with Crippen LogP contribution in [0.3, 0.4) is 0 Å². The maximum Gasteiger partial charge on any atom is 0.401 e. The molecule has 2 aliphatic heterocycles. The molecule has 9 heteroatoms. The number of aliphatic imine (C=N–C) groups is 1. The molecule has 2 fully saturated rings. The van der Waals surface area contributed by atoms with E-state index in [2.05, 4.69) is 34.4 Å². The highest BCUT2D eigenvalue weighted by Gasteiger charge is 2.34. The topological polar surface area (TPSA) is 52.1 Å². The molecule has 0 spiro atoms. The van der Waals surface area contributed by atoms with E-state index >= 15 is 0 Å². The van der Waals surface area contributed by atoms with Crippen molar-refractivity contribution < 1.29 is 17.9 Å². The molecule has 6 nitrogen and oxygen atoms in total. The van der Waals surface area contributed by atoms with E-state index in [1.807, 2.05) is 0 Å². The number of likely N-dealkylation sites (tertiary alicyclic amines) is 1. The predicted octanol–water partition coefficient (Wildman–Crippen LogP) is 2.17. The molecular formula is C20H38F3N5O. The minimum absolute atomic E-state index is 0.213. The van der Waals surface area contributed by atoms with Crippen molar-refractivity contribution in [2.24, 2.45) is 16.8 Å². The second-order valence-corrected chi connectivity index (χ2v) is 8.13. The molecule has 0 aromatic rings. The van der Waals surface area contributed by atoms with Crippen molar-refractivity contribution in [2.75, 3.05) is 66.1 Å². The number of morpholine rings is 1. The van der Waals surface area contributed by atoms with Crippen LogP contribution in [0, 0.1) is 11.8 Å². The van der Waals surface area contributed by atoms with E-state index in [1.54, 1.807) is 7.05 Å². The maximum absolute atomic E-state index is 12.6. The highest BCUT2D eigenvalue weighted by Crippen LogP contribution is 2.22. The average molecular weight is 422 g/mol. The van der Waals surface area contributed by atoms with Crippen LogP contribution in [-0.2, 0) is 4.74 Å². The number of nitrogens with zero attached hydrogens (tertiary/aromatic N) is 3. The van der Waals surface area contributed by atoms with Gasteiger partial charge in [-0.3, -0.25) is 14.8 Å². The Bertz CT molecular complexity index is 493. The molecule has 0 saturated carbocycles. The van der Waals surface area contributed by atoms with Crippen LogP contribution in [0.15, 0.2) is 4.99 Å². The van der Waals surface area contributed by atoms with E-state index in [0.29, 0.717) is 31.6 Å². The first-order valence-corrected chi connectivity index (χ1v) is 10.9. The Hall–Kier alpha value is -1.06. The number of rotatable bonds is 9. The van der Waals surface area contributed by atoms with E-state index < -0.39 is 12.7 Å². The number of ether oxygens (including phenoxy) is 1. The van der Waals surface area contributed by atoms with Crippen LogP contribution in [0.4, 0.5) is 13.2 Å². The van der Waals surface area contributed by atoms with Crippen LogP contribution in [0.5, 0.6) is 0 Å². The van der Waals surface area contributed by atoms with Gasteiger partial charge in [-0.2, -0.15) is 13.2 Å². The van der Waals surface area contributed by atoms with Gasteiger partial charge < -0.3 is 15.4 Å². The van der Waals surface area contributed by atoms with E-state index in [-0.39, 0.29) is 5.92 Å². The first-order chi connectivity index (χ1) is 13.9. The zero-order valence-electron chi connectivity index (χ0n) is 18.1. The molecule has 2 aliphatic rings. The zero-order valence-corrected chi connectivity index (χ0v) is 18.1. The molecule has 2 unspecified atom stereocenters. The Morgan fingerprint density at radius 2 is 1.83 bits per heavy atom. The Morgan fingerprint density at radius 3 is 2.41 bits per heavy atom. The molecular weight excluding hydrogens is 383 g/mol. The smallest absolute Gasteiger partial charge is 0.379 e. The van der Waals surface area contributed by atoms with E-state index in [4.69, 9.17) is 4.74 Å². The molecule has 0 aromatic heterocycles. The number of hydrogen-bond donors (Lipinski definition) is 2. The fourth-order valence-electron chi connectivity index (χ4n) is 4.48. The van der Waals surface area contributed by atoms with Gasteiger partial charge in [-0.15, -0.1) is 0 Å². The van der Waals surface area contributed by atoms with Crippen molar-refractivity contribution in [1.82, 2.24) is 20.4 Å². The summed E-state index contributed by atoms with van der Waals surface area (Å²) >= 11 is 0. The summed E-state index contributed by atoms with van der Waals surface area (Å²) in [6.07, 6.45) is -1.08. The second-order valence-electron chi connectivity index (χ2n) is 8.13. The van der Waals surface area contributed by atoms with Crippen LogP contribution in [0.2, 0.25) is 0 Å². The number of alkyl halides is 3. The molecule has 2 atom stereocenters. The lowest BCUT2D eigenvalue weighted by Crippen LogP contribution is -2.53. The predicted molar refractivity (Wildman–Crippen MR) is 110 cm³/mol. The van der Waals surface area contributed by atoms with Crippen molar-refractivity contribution >= 4 is 5.96 Å². The summed E-state index contributed by atoms with van der Waals surface area (Å²) in [5, 5.41) is 6.77. The Labute approximate surface area is 173 Å². The van der Waals surface area contributed by atoms with Crippen molar-refractivity contribution in [3.8, 4) is 0 Å². The molecule has 170 valence electrons. The first kappa shape index (κ1) is 24.2. The summed E-state index contributed by atoms with van der Waals surface area (Å²) in [4.78, 5) is 8.31. The third-order valence-corrected chi connectivity index (χ3v) is 6.14. The summed E-state index contributed by atoms with van der Waals surface area (Å²) < 4.78 is 43.2. The van der Waals surface area contributed by atoms with Crippen LogP contribution in [0.1, 0.15) is 33.1 Å². The fourth-order valence-corrected chi connectivity index (χ4v) is 4.48. The Kier molecular flexibility index (Phi) is 9.98. The monoisotopic (exact) mass is 421 g/mol. The van der Waals surface area contributed by atoms with Gasteiger partial charge in [0.1, 0.15) is 0 Å². The van der Waals surface area contributed by atoms with Gasteiger partial charge in [-0.05, 0) is 24.8 Å². The molecule has 2 rings (SSSR count). The molecule has 0 radical (unpaired) electrons.